The van der Waals surface area contributed by atoms with E-state index in [2.05, 4.69) is 20.7 Å². The van der Waals surface area contributed by atoms with E-state index in [9.17, 15) is 9.90 Å². The summed E-state index contributed by atoms with van der Waals surface area (Å²) in [6.45, 7) is 5.23. The van der Waals surface area contributed by atoms with E-state index >= 15 is 0 Å². The van der Waals surface area contributed by atoms with Gasteiger partial charge >= 0.3 is 5.97 Å². The molecule has 3 rings (SSSR count). The van der Waals surface area contributed by atoms with Crippen LogP contribution in [-0.2, 0) is 30.5 Å². The molecule has 3 N–H and O–H groups in total. The molecule has 3 aromatic rings. The number of esters is 1. The Labute approximate surface area is 217 Å². The molecule has 1 atom stereocenters. The van der Waals surface area contributed by atoms with Gasteiger partial charge in [-0.05, 0) is 37.1 Å². The van der Waals surface area contributed by atoms with Crippen LogP contribution >= 0.6 is 24.0 Å². The number of benzene rings is 2. The molecule has 8 nitrogen and oxygen atoms in total. The lowest BCUT2D eigenvalue weighted by molar-refractivity contribution is 0.0472. The molecule has 34 heavy (non-hydrogen) atoms. The third-order valence-electron chi connectivity index (χ3n) is 5.07. The van der Waals surface area contributed by atoms with Crippen molar-refractivity contribution >= 4 is 35.9 Å². The number of carbonyl (C=O) groups excluding carboxylic acids is 1. The number of nitrogens with one attached hydrogen (secondary N) is 2. The van der Waals surface area contributed by atoms with Crippen molar-refractivity contribution in [1.29, 1.82) is 0 Å². The molecule has 2 aromatic carbocycles. The number of ether oxygens (including phenoxy) is 1. The Kier molecular flexibility index (Phi) is 10.5. The number of halogens is 1. The molecule has 0 aliphatic rings. The number of aliphatic imine (C=N–C) groups is 1. The van der Waals surface area contributed by atoms with Crippen molar-refractivity contribution in [2.24, 2.45) is 12.0 Å². The SMILES string of the molecule is CCNC(=NCc1cccc(C(=O)OCc2ccccc2)c1)NCC(C)(O)c1cnn(C)c1.I. The first-order valence-corrected chi connectivity index (χ1v) is 10.9. The second-order valence-corrected chi connectivity index (χ2v) is 7.99. The monoisotopic (exact) mass is 577 g/mol. The van der Waals surface area contributed by atoms with Crippen molar-refractivity contribution in [2.45, 2.75) is 32.6 Å². The zero-order chi connectivity index (χ0) is 23.7. The minimum atomic E-state index is -1.10. The molecule has 1 aromatic heterocycles. The Morgan fingerprint density at radius 3 is 2.56 bits per heavy atom. The third kappa shape index (κ3) is 8.14. The molecular weight excluding hydrogens is 545 g/mol. The molecule has 0 amide bonds. The summed E-state index contributed by atoms with van der Waals surface area (Å²) in [5, 5.41) is 21.3. The van der Waals surface area contributed by atoms with Gasteiger partial charge in [0.25, 0.3) is 0 Å². The van der Waals surface area contributed by atoms with Gasteiger partial charge in [0.05, 0.1) is 24.8 Å². The Hall–Kier alpha value is -2.92. The normalized spacial score (nSPS) is 12.9. The number of nitrogens with zero attached hydrogens (tertiary/aromatic N) is 3. The Morgan fingerprint density at radius 2 is 1.88 bits per heavy atom. The van der Waals surface area contributed by atoms with Gasteiger partial charge in [-0.1, -0.05) is 42.5 Å². The van der Waals surface area contributed by atoms with E-state index in [1.807, 2.05) is 56.4 Å². The number of hydrogen-bond donors (Lipinski definition) is 3. The molecule has 0 radical (unpaired) electrons. The van der Waals surface area contributed by atoms with Crippen molar-refractivity contribution in [1.82, 2.24) is 20.4 Å². The Bertz CT molecular complexity index is 1080. The van der Waals surface area contributed by atoms with E-state index in [1.165, 1.54) is 0 Å². The van der Waals surface area contributed by atoms with Crippen LogP contribution < -0.4 is 10.6 Å². The molecule has 0 aliphatic carbocycles. The highest BCUT2D eigenvalue weighted by atomic mass is 127. The number of aryl methyl sites for hydroxylation is 1. The second-order valence-electron chi connectivity index (χ2n) is 7.99. The minimum absolute atomic E-state index is 0. The van der Waals surface area contributed by atoms with Crippen LogP contribution in [0.2, 0.25) is 0 Å². The van der Waals surface area contributed by atoms with E-state index in [4.69, 9.17) is 4.74 Å². The minimum Gasteiger partial charge on any atom is -0.457 e. The quantitative estimate of drug-likeness (QED) is 0.156. The van der Waals surface area contributed by atoms with Gasteiger partial charge in [0, 0.05) is 25.4 Å². The van der Waals surface area contributed by atoms with Crippen LogP contribution in [0.15, 0.2) is 72.0 Å². The summed E-state index contributed by atoms with van der Waals surface area (Å²) in [5.74, 6) is 0.195. The van der Waals surface area contributed by atoms with Gasteiger partial charge in [-0.15, -0.1) is 24.0 Å². The van der Waals surface area contributed by atoms with Gasteiger partial charge in [0.15, 0.2) is 5.96 Å². The maximum atomic E-state index is 12.4. The summed E-state index contributed by atoms with van der Waals surface area (Å²) in [5.41, 5.74) is 1.91. The van der Waals surface area contributed by atoms with Crippen LogP contribution in [-0.4, -0.2) is 39.9 Å². The van der Waals surface area contributed by atoms with E-state index in [-0.39, 0.29) is 43.1 Å². The van der Waals surface area contributed by atoms with Crippen LogP contribution in [0.3, 0.4) is 0 Å². The number of rotatable bonds is 9. The van der Waals surface area contributed by atoms with E-state index < -0.39 is 5.60 Å². The summed E-state index contributed by atoms with van der Waals surface area (Å²) in [6, 6.07) is 16.8. The molecule has 0 saturated carbocycles. The molecular formula is C25H32IN5O3. The fourth-order valence-corrected chi connectivity index (χ4v) is 3.17. The lowest BCUT2D eigenvalue weighted by atomic mass is 10.00. The average molecular weight is 577 g/mol. The van der Waals surface area contributed by atoms with E-state index in [0.29, 0.717) is 24.6 Å². The largest absolute Gasteiger partial charge is 0.457 e. The zero-order valence-electron chi connectivity index (χ0n) is 19.7. The second kappa shape index (κ2) is 13.1. The van der Waals surface area contributed by atoms with Gasteiger partial charge < -0.3 is 20.5 Å². The Balaban J connectivity index is 0.00000408. The summed E-state index contributed by atoms with van der Waals surface area (Å²) < 4.78 is 7.07. The lowest BCUT2D eigenvalue weighted by Crippen LogP contribution is -2.44. The summed E-state index contributed by atoms with van der Waals surface area (Å²) >= 11 is 0. The van der Waals surface area contributed by atoms with Gasteiger partial charge in [0.2, 0.25) is 0 Å². The smallest absolute Gasteiger partial charge is 0.338 e. The first-order valence-electron chi connectivity index (χ1n) is 10.9. The summed E-state index contributed by atoms with van der Waals surface area (Å²) in [7, 11) is 1.81. The van der Waals surface area contributed by atoms with Crippen molar-refractivity contribution < 1.29 is 14.6 Å². The molecule has 0 saturated heterocycles. The molecule has 182 valence electrons. The predicted molar refractivity (Wildman–Crippen MR) is 143 cm³/mol. The fourth-order valence-electron chi connectivity index (χ4n) is 3.17. The van der Waals surface area contributed by atoms with Crippen molar-refractivity contribution in [3.63, 3.8) is 0 Å². The van der Waals surface area contributed by atoms with Crippen molar-refractivity contribution in [3.05, 3.63) is 89.2 Å². The number of aliphatic hydroxyl groups is 1. The van der Waals surface area contributed by atoms with Gasteiger partial charge in [-0.2, -0.15) is 5.10 Å². The summed E-state index contributed by atoms with van der Waals surface area (Å²) in [6.07, 6.45) is 3.43. The fraction of sp³-hybridized carbons (Fsp3) is 0.320. The van der Waals surface area contributed by atoms with Crippen molar-refractivity contribution in [2.75, 3.05) is 13.1 Å². The maximum Gasteiger partial charge on any atom is 0.338 e. The van der Waals surface area contributed by atoms with Crippen molar-refractivity contribution in [3.8, 4) is 0 Å². The standard InChI is InChI=1S/C25H31N5O3.HI/c1-4-26-24(28-18-25(2,32)22-15-29-30(3)16-22)27-14-20-11-8-12-21(13-20)23(31)33-17-19-9-6-5-7-10-19;/h5-13,15-16,32H,4,14,17-18H2,1-3H3,(H2,26,27,28);1H. The van der Waals surface area contributed by atoms with Crippen LogP contribution in [0.25, 0.3) is 0 Å². The van der Waals surface area contributed by atoms with Gasteiger partial charge in [-0.25, -0.2) is 9.79 Å². The maximum absolute atomic E-state index is 12.4. The van der Waals surface area contributed by atoms with Gasteiger partial charge in [-0.3, -0.25) is 4.68 Å². The van der Waals surface area contributed by atoms with Crippen LogP contribution in [0.1, 0.15) is 40.9 Å². The molecule has 0 spiro atoms. The topological polar surface area (TPSA) is 101 Å². The molecule has 1 heterocycles. The highest BCUT2D eigenvalue weighted by Crippen LogP contribution is 2.18. The molecule has 1 unspecified atom stereocenters. The van der Waals surface area contributed by atoms with Gasteiger partial charge in [0.1, 0.15) is 12.2 Å². The number of guanidine groups is 1. The molecule has 0 aliphatic heterocycles. The molecule has 0 bridgehead atoms. The van der Waals surface area contributed by atoms with E-state index in [0.717, 1.165) is 16.7 Å². The number of aromatic nitrogens is 2. The Morgan fingerprint density at radius 1 is 1.15 bits per heavy atom. The van der Waals surface area contributed by atoms with E-state index in [1.54, 1.807) is 36.1 Å². The first kappa shape index (κ1) is 27.3. The molecule has 0 fully saturated rings. The first-order chi connectivity index (χ1) is 15.9. The van der Waals surface area contributed by atoms with Crippen LogP contribution in [0, 0.1) is 0 Å². The number of hydrogen-bond acceptors (Lipinski definition) is 5. The highest BCUT2D eigenvalue weighted by Gasteiger charge is 2.25. The van der Waals surface area contributed by atoms with Crippen LogP contribution in [0.4, 0.5) is 0 Å². The highest BCUT2D eigenvalue weighted by molar-refractivity contribution is 14.0. The predicted octanol–water partition coefficient (Wildman–Crippen LogP) is 3.36. The van der Waals surface area contributed by atoms with Crippen LogP contribution in [0.5, 0.6) is 0 Å². The zero-order valence-corrected chi connectivity index (χ0v) is 22.0. The third-order valence-corrected chi connectivity index (χ3v) is 5.07. The average Bonchev–Trinajstić information content (AvgIpc) is 3.27. The number of carbonyl (C=O) groups is 1. The summed E-state index contributed by atoms with van der Waals surface area (Å²) in [4.78, 5) is 17.0. The lowest BCUT2D eigenvalue weighted by Gasteiger charge is -2.23. The molecule has 9 heteroatoms.